The van der Waals surface area contributed by atoms with Crippen LogP contribution >= 0.6 is 0 Å². The minimum absolute atomic E-state index is 0.136. The van der Waals surface area contributed by atoms with Crippen LogP contribution in [0.3, 0.4) is 0 Å². The van der Waals surface area contributed by atoms with Gasteiger partial charge in [0.1, 0.15) is 11.8 Å². The van der Waals surface area contributed by atoms with Gasteiger partial charge in [0.05, 0.1) is 5.56 Å². The van der Waals surface area contributed by atoms with Crippen molar-refractivity contribution >= 4 is 22.9 Å². The summed E-state index contributed by atoms with van der Waals surface area (Å²) < 4.78 is 0. The number of carbonyl (C=O) groups is 1. The quantitative estimate of drug-likeness (QED) is 0.312. The van der Waals surface area contributed by atoms with Crippen LogP contribution in [-0.2, 0) is 13.0 Å². The molecule has 0 saturated carbocycles. The molecule has 0 fully saturated rings. The minimum Gasteiger partial charge on any atom is -0.478 e. The Labute approximate surface area is 193 Å². The second-order valence-corrected chi connectivity index (χ2v) is 8.04. The molecule has 0 aromatic heterocycles. The number of aliphatic hydroxyl groups excluding tert-OH is 1. The summed E-state index contributed by atoms with van der Waals surface area (Å²) in [6.07, 6.45) is 0.691. The number of allylic oxidation sites excluding steroid dienone is 1. The molecule has 0 heterocycles. The van der Waals surface area contributed by atoms with Crippen molar-refractivity contribution in [1.82, 2.24) is 0 Å². The maximum Gasteiger partial charge on any atom is 0.335 e. The average molecular weight is 445 g/mol. The molecule has 3 aromatic carbocycles. The van der Waals surface area contributed by atoms with Gasteiger partial charge in [-0.3, -0.25) is 0 Å². The van der Waals surface area contributed by atoms with E-state index in [1.54, 1.807) is 12.1 Å². The topological polar surface area (TPSA) is 99.0 Å². The van der Waals surface area contributed by atoms with Gasteiger partial charge in [-0.2, -0.15) is 0 Å². The molecule has 3 N–H and O–H groups in total. The number of nitrogens with one attached hydrogen (secondary N) is 1. The molecule has 0 bridgehead atoms. The number of aromatic carboxylic acids is 1. The van der Waals surface area contributed by atoms with E-state index in [1.165, 1.54) is 12.1 Å². The minimum atomic E-state index is -1.03. The van der Waals surface area contributed by atoms with E-state index in [1.807, 2.05) is 43.3 Å². The van der Waals surface area contributed by atoms with Gasteiger partial charge in [0.2, 0.25) is 0 Å². The van der Waals surface area contributed by atoms with E-state index < -0.39 is 12.1 Å². The van der Waals surface area contributed by atoms with Crippen LogP contribution in [0.25, 0.3) is 5.57 Å². The Hall–Kier alpha value is -3.77. The van der Waals surface area contributed by atoms with Gasteiger partial charge in [-0.15, -0.1) is 4.91 Å². The average Bonchev–Trinajstić information content (AvgIpc) is 2.82. The van der Waals surface area contributed by atoms with Crippen molar-refractivity contribution in [3.05, 3.63) is 106 Å². The Bertz CT molecular complexity index is 1170. The molecule has 3 rings (SSSR count). The first-order chi connectivity index (χ1) is 15.8. The Balaban J connectivity index is 1.77. The van der Waals surface area contributed by atoms with Crippen molar-refractivity contribution in [1.29, 1.82) is 0 Å². The van der Waals surface area contributed by atoms with Gasteiger partial charge in [-0.1, -0.05) is 62.4 Å². The number of benzene rings is 3. The highest BCUT2D eigenvalue weighted by Gasteiger charge is 2.15. The molecule has 33 heavy (non-hydrogen) atoms. The Morgan fingerprint density at radius 1 is 1.09 bits per heavy atom. The number of hydrogen-bond acceptors (Lipinski definition) is 5. The van der Waals surface area contributed by atoms with Crippen LogP contribution in [0.4, 0.5) is 11.4 Å². The van der Waals surface area contributed by atoms with Gasteiger partial charge in [0.15, 0.2) is 0 Å². The lowest BCUT2D eigenvalue weighted by Gasteiger charge is -2.17. The summed E-state index contributed by atoms with van der Waals surface area (Å²) in [5.41, 5.74) is 6.10. The zero-order valence-corrected chi connectivity index (χ0v) is 18.8. The highest BCUT2D eigenvalue weighted by Crippen LogP contribution is 2.35. The molecule has 0 aliphatic heterocycles. The van der Waals surface area contributed by atoms with E-state index >= 15 is 0 Å². The van der Waals surface area contributed by atoms with E-state index in [0.29, 0.717) is 23.4 Å². The summed E-state index contributed by atoms with van der Waals surface area (Å²) in [6.45, 7) is 8.40. The number of carboxylic acid groups (broad SMARTS) is 1. The van der Waals surface area contributed by atoms with E-state index in [4.69, 9.17) is 5.11 Å². The monoisotopic (exact) mass is 444 g/mol. The SMILES string of the molecule is C=C(C)c1ccc(NCc2ccc(C(O)c3cccc(C(=O)O)c3)cc2)c(CCC)c1N=O. The third-order valence-corrected chi connectivity index (χ3v) is 5.56. The van der Waals surface area contributed by atoms with Gasteiger partial charge < -0.3 is 15.5 Å². The summed E-state index contributed by atoms with van der Waals surface area (Å²) in [4.78, 5) is 22.7. The summed E-state index contributed by atoms with van der Waals surface area (Å²) in [6, 6.07) is 17.6. The number of aliphatic hydroxyl groups is 1. The molecule has 0 aliphatic rings. The van der Waals surface area contributed by atoms with E-state index in [0.717, 1.165) is 40.8 Å². The maximum atomic E-state index is 11.6. The van der Waals surface area contributed by atoms with Crippen LogP contribution in [-0.4, -0.2) is 16.2 Å². The first-order valence-corrected chi connectivity index (χ1v) is 10.8. The van der Waals surface area contributed by atoms with Crippen molar-refractivity contribution in [2.75, 3.05) is 5.32 Å². The first-order valence-electron chi connectivity index (χ1n) is 10.8. The summed E-state index contributed by atoms with van der Waals surface area (Å²) in [5.74, 6) is -1.03. The molecule has 6 nitrogen and oxygen atoms in total. The van der Waals surface area contributed by atoms with Crippen LogP contribution in [0.2, 0.25) is 0 Å². The maximum absolute atomic E-state index is 11.6. The lowest BCUT2D eigenvalue weighted by atomic mass is 9.97. The van der Waals surface area contributed by atoms with Crippen LogP contribution in [0, 0.1) is 4.91 Å². The third kappa shape index (κ3) is 5.54. The fourth-order valence-electron chi connectivity index (χ4n) is 3.80. The highest BCUT2D eigenvalue weighted by atomic mass is 16.4. The number of rotatable bonds is 10. The van der Waals surface area contributed by atoms with E-state index in [9.17, 15) is 14.8 Å². The molecule has 0 amide bonds. The van der Waals surface area contributed by atoms with Crippen molar-refractivity contribution in [3.8, 4) is 0 Å². The largest absolute Gasteiger partial charge is 0.478 e. The third-order valence-electron chi connectivity index (χ3n) is 5.56. The normalized spacial score (nSPS) is 11.6. The lowest BCUT2D eigenvalue weighted by Crippen LogP contribution is -2.05. The second-order valence-electron chi connectivity index (χ2n) is 8.04. The molecule has 0 spiro atoms. The Kier molecular flexibility index (Phi) is 7.74. The molecule has 0 radical (unpaired) electrons. The Morgan fingerprint density at radius 3 is 2.42 bits per heavy atom. The summed E-state index contributed by atoms with van der Waals surface area (Å²) in [5, 5.41) is 26.5. The molecule has 3 aromatic rings. The van der Waals surface area contributed by atoms with Gasteiger partial charge in [-0.05, 0) is 59.0 Å². The van der Waals surface area contributed by atoms with Crippen LogP contribution in [0.1, 0.15) is 64.5 Å². The zero-order chi connectivity index (χ0) is 24.0. The fourth-order valence-corrected chi connectivity index (χ4v) is 3.80. The Morgan fingerprint density at radius 2 is 1.82 bits per heavy atom. The predicted molar refractivity (Wildman–Crippen MR) is 132 cm³/mol. The van der Waals surface area contributed by atoms with Gasteiger partial charge >= 0.3 is 5.97 Å². The molecule has 170 valence electrons. The second kappa shape index (κ2) is 10.7. The smallest absolute Gasteiger partial charge is 0.335 e. The molecular formula is C27H28N2O4. The zero-order valence-electron chi connectivity index (χ0n) is 18.8. The number of carboxylic acids is 1. The fraction of sp³-hybridized carbons (Fsp3) is 0.222. The molecule has 6 heteroatoms. The van der Waals surface area contributed by atoms with Gasteiger partial charge in [0.25, 0.3) is 0 Å². The van der Waals surface area contributed by atoms with Crippen molar-refractivity contribution in [2.45, 2.75) is 39.3 Å². The van der Waals surface area contributed by atoms with E-state index in [-0.39, 0.29) is 5.56 Å². The number of hydrogen-bond donors (Lipinski definition) is 3. The van der Waals surface area contributed by atoms with Crippen molar-refractivity contribution < 1.29 is 15.0 Å². The first kappa shape index (κ1) is 23.9. The van der Waals surface area contributed by atoms with Crippen LogP contribution in [0.15, 0.2) is 72.4 Å². The molecule has 1 atom stereocenters. The van der Waals surface area contributed by atoms with Crippen LogP contribution in [0.5, 0.6) is 0 Å². The highest BCUT2D eigenvalue weighted by molar-refractivity contribution is 5.87. The molecule has 1 unspecified atom stereocenters. The molecular weight excluding hydrogens is 416 g/mol. The van der Waals surface area contributed by atoms with Gasteiger partial charge in [-0.25, -0.2) is 4.79 Å². The summed E-state index contributed by atoms with van der Waals surface area (Å²) >= 11 is 0. The summed E-state index contributed by atoms with van der Waals surface area (Å²) in [7, 11) is 0. The van der Waals surface area contributed by atoms with Crippen molar-refractivity contribution in [2.24, 2.45) is 5.18 Å². The molecule has 0 saturated heterocycles. The van der Waals surface area contributed by atoms with Gasteiger partial charge in [0, 0.05) is 23.4 Å². The number of anilines is 1. The van der Waals surface area contributed by atoms with E-state index in [2.05, 4.69) is 24.0 Å². The molecule has 0 aliphatic carbocycles. The van der Waals surface area contributed by atoms with Crippen LogP contribution < -0.4 is 5.32 Å². The number of nitrogens with zero attached hydrogens (tertiary/aromatic N) is 1. The predicted octanol–water partition coefficient (Wildman–Crippen LogP) is 6.46. The number of nitroso groups, excluding NO2 is 1. The lowest BCUT2D eigenvalue weighted by molar-refractivity contribution is 0.0696. The standard InChI is InChI=1S/C27H28N2O4/c1-4-6-23-24(14-13-22(17(2)3)25(23)29-33)28-16-18-9-11-19(12-10-18)26(30)20-7-5-8-21(15-20)27(31)32/h5,7-15,26,28,30H,2,4,6,16H2,1,3H3,(H,31,32). The van der Waals surface area contributed by atoms with Crippen molar-refractivity contribution in [3.63, 3.8) is 0 Å².